The van der Waals surface area contributed by atoms with Gasteiger partial charge in [-0.2, -0.15) is 0 Å². The lowest BCUT2D eigenvalue weighted by Gasteiger charge is -2.09. The van der Waals surface area contributed by atoms with Crippen molar-refractivity contribution in [2.24, 2.45) is 0 Å². The van der Waals surface area contributed by atoms with Crippen LogP contribution < -0.4 is 10.1 Å². The second-order valence-corrected chi connectivity index (χ2v) is 5.04. The lowest BCUT2D eigenvalue weighted by atomic mass is 10.1. The molecule has 0 bridgehead atoms. The fourth-order valence-corrected chi connectivity index (χ4v) is 2.14. The zero-order chi connectivity index (χ0) is 14.9. The Balaban J connectivity index is 1.85. The van der Waals surface area contributed by atoms with Crippen LogP contribution in [0.15, 0.2) is 61.2 Å². The van der Waals surface area contributed by atoms with Crippen molar-refractivity contribution in [2.45, 2.75) is 26.3 Å². The van der Waals surface area contributed by atoms with E-state index in [4.69, 9.17) is 4.74 Å². The van der Waals surface area contributed by atoms with Crippen LogP contribution in [0.1, 0.15) is 24.5 Å². The van der Waals surface area contributed by atoms with Gasteiger partial charge in [-0.3, -0.25) is 0 Å². The molecule has 0 aliphatic heterocycles. The van der Waals surface area contributed by atoms with Crippen LogP contribution in [-0.2, 0) is 13.0 Å². The molecule has 1 N–H and O–H groups in total. The fraction of sp³-hybridized carbons (Fsp3) is 0.263. The number of aryl methyl sites for hydroxylation is 1. The molecule has 0 fully saturated rings. The number of hydrogen-bond acceptors (Lipinski definition) is 2. The van der Waals surface area contributed by atoms with Crippen LogP contribution in [0.2, 0.25) is 0 Å². The average molecular weight is 281 g/mol. The lowest BCUT2D eigenvalue weighted by molar-refractivity contribution is 0.363. The van der Waals surface area contributed by atoms with Gasteiger partial charge < -0.3 is 10.1 Å². The predicted octanol–water partition coefficient (Wildman–Crippen LogP) is 4.82. The van der Waals surface area contributed by atoms with Gasteiger partial charge in [0, 0.05) is 12.2 Å². The van der Waals surface area contributed by atoms with E-state index in [1.165, 1.54) is 17.5 Å². The molecular weight excluding hydrogens is 258 g/mol. The molecule has 110 valence electrons. The van der Waals surface area contributed by atoms with Gasteiger partial charge in [-0.25, -0.2) is 0 Å². The first-order valence-electron chi connectivity index (χ1n) is 7.47. The number of hydrogen-bond donors (Lipinski definition) is 1. The second kappa shape index (κ2) is 8.15. The molecular formula is C19H23NO. The first-order valence-corrected chi connectivity index (χ1v) is 7.47. The van der Waals surface area contributed by atoms with Crippen molar-refractivity contribution in [3.63, 3.8) is 0 Å². The average Bonchev–Trinajstić information content (AvgIpc) is 2.53. The van der Waals surface area contributed by atoms with Crippen molar-refractivity contribution in [2.75, 3.05) is 11.9 Å². The Hall–Kier alpha value is -2.22. The molecule has 0 radical (unpaired) electrons. The Morgan fingerprint density at radius 2 is 1.67 bits per heavy atom. The first-order chi connectivity index (χ1) is 10.3. The Morgan fingerprint density at radius 3 is 2.29 bits per heavy atom. The van der Waals surface area contributed by atoms with Gasteiger partial charge in [0.1, 0.15) is 12.4 Å². The monoisotopic (exact) mass is 281 g/mol. The molecule has 0 amide bonds. The van der Waals surface area contributed by atoms with Gasteiger partial charge in [-0.1, -0.05) is 50.3 Å². The maximum Gasteiger partial charge on any atom is 0.119 e. The van der Waals surface area contributed by atoms with Crippen molar-refractivity contribution >= 4 is 5.69 Å². The molecule has 0 unspecified atom stereocenters. The minimum Gasteiger partial charge on any atom is -0.490 e. The molecule has 21 heavy (non-hydrogen) atoms. The van der Waals surface area contributed by atoms with Crippen LogP contribution in [0.5, 0.6) is 5.75 Å². The van der Waals surface area contributed by atoms with Crippen LogP contribution in [0.4, 0.5) is 5.69 Å². The summed E-state index contributed by atoms with van der Waals surface area (Å²) in [5.41, 5.74) is 3.78. The Morgan fingerprint density at radius 1 is 1.00 bits per heavy atom. The minimum absolute atomic E-state index is 0.543. The van der Waals surface area contributed by atoms with Crippen molar-refractivity contribution in [1.29, 1.82) is 0 Å². The highest BCUT2D eigenvalue weighted by Crippen LogP contribution is 2.15. The Kier molecular flexibility index (Phi) is 5.89. The third-order valence-corrected chi connectivity index (χ3v) is 3.28. The fourth-order valence-electron chi connectivity index (χ4n) is 2.14. The highest BCUT2D eigenvalue weighted by molar-refractivity contribution is 5.45. The topological polar surface area (TPSA) is 21.3 Å². The predicted molar refractivity (Wildman–Crippen MR) is 89.9 cm³/mol. The van der Waals surface area contributed by atoms with Gasteiger partial charge >= 0.3 is 0 Å². The van der Waals surface area contributed by atoms with Crippen LogP contribution in [-0.4, -0.2) is 6.61 Å². The molecule has 0 aromatic heterocycles. The second-order valence-electron chi connectivity index (χ2n) is 5.04. The Labute approximate surface area is 127 Å². The van der Waals surface area contributed by atoms with Crippen LogP contribution in [0, 0.1) is 0 Å². The molecule has 0 aliphatic carbocycles. The van der Waals surface area contributed by atoms with E-state index in [-0.39, 0.29) is 0 Å². The maximum absolute atomic E-state index is 5.47. The van der Waals surface area contributed by atoms with Crippen LogP contribution in [0.3, 0.4) is 0 Å². The molecule has 2 aromatic carbocycles. The smallest absolute Gasteiger partial charge is 0.119 e. The van der Waals surface area contributed by atoms with E-state index in [9.17, 15) is 0 Å². The molecule has 0 aliphatic rings. The molecule has 0 saturated heterocycles. The summed E-state index contributed by atoms with van der Waals surface area (Å²) < 4.78 is 5.47. The third kappa shape index (κ3) is 4.99. The zero-order valence-electron chi connectivity index (χ0n) is 12.6. The van der Waals surface area contributed by atoms with E-state index in [0.29, 0.717) is 6.61 Å². The number of ether oxygens (including phenoxy) is 1. The lowest BCUT2D eigenvalue weighted by Crippen LogP contribution is -2.00. The van der Waals surface area contributed by atoms with Gasteiger partial charge in [0.2, 0.25) is 0 Å². The minimum atomic E-state index is 0.543. The molecule has 0 spiro atoms. The molecule has 2 heteroatoms. The standard InChI is InChI=1S/C19H23NO/c1-3-5-16-6-10-18(11-7-16)20-15-17-8-12-19(13-9-17)21-14-4-2/h4,6-13,20H,2-3,5,14-15H2,1H3. The largest absolute Gasteiger partial charge is 0.490 e. The molecule has 0 heterocycles. The Bertz CT molecular complexity index is 543. The maximum atomic E-state index is 5.47. The van der Waals surface area contributed by atoms with E-state index < -0.39 is 0 Å². The van der Waals surface area contributed by atoms with Crippen molar-refractivity contribution in [3.05, 3.63) is 72.3 Å². The first kappa shape index (κ1) is 15.2. The molecule has 0 saturated carbocycles. The van der Waals surface area contributed by atoms with Crippen molar-refractivity contribution < 1.29 is 4.74 Å². The van der Waals surface area contributed by atoms with Crippen LogP contribution >= 0.6 is 0 Å². The van der Waals surface area contributed by atoms with Gasteiger partial charge in [0.15, 0.2) is 0 Å². The number of anilines is 1. The quantitative estimate of drug-likeness (QED) is 0.701. The summed E-state index contributed by atoms with van der Waals surface area (Å²) >= 11 is 0. The summed E-state index contributed by atoms with van der Waals surface area (Å²) in [7, 11) is 0. The van der Waals surface area contributed by atoms with E-state index in [1.54, 1.807) is 6.08 Å². The normalized spacial score (nSPS) is 10.1. The number of benzene rings is 2. The van der Waals surface area contributed by atoms with E-state index >= 15 is 0 Å². The van der Waals surface area contributed by atoms with Crippen molar-refractivity contribution in [1.82, 2.24) is 0 Å². The van der Waals surface area contributed by atoms with Gasteiger partial charge in [-0.15, -0.1) is 0 Å². The molecule has 0 atom stereocenters. The van der Waals surface area contributed by atoms with Gasteiger partial charge in [-0.05, 0) is 41.8 Å². The summed E-state index contributed by atoms with van der Waals surface area (Å²) in [4.78, 5) is 0. The third-order valence-electron chi connectivity index (χ3n) is 3.28. The summed E-state index contributed by atoms with van der Waals surface area (Å²) in [6, 6.07) is 16.8. The molecule has 2 aromatic rings. The van der Waals surface area contributed by atoms with Gasteiger partial charge in [0.25, 0.3) is 0 Å². The highest BCUT2D eigenvalue weighted by atomic mass is 16.5. The number of rotatable bonds is 8. The van der Waals surface area contributed by atoms with Crippen LogP contribution in [0.25, 0.3) is 0 Å². The summed E-state index contributed by atoms with van der Waals surface area (Å²) in [6.45, 7) is 7.20. The summed E-state index contributed by atoms with van der Waals surface area (Å²) in [5, 5.41) is 3.44. The van der Waals surface area contributed by atoms with Gasteiger partial charge in [0.05, 0.1) is 0 Å². The SMILES string of the molecule is C=CCOc1ccc(CNc2ccc(CCC)cc2)cc1. The summed E-state index contributed by atoms with van der Waals surface area (Å²) in [5.74, 6) is 0.877. The highest BCUT2D eigenvalue weighted by Gasteiger charge is 1.97. The van der Waals surface area contributed by atoms with Crippen molar-refractivity contribution in [3.8, 4) is 5.75 Å². The van der Waals surface area contributed by atoms with E-state index in [1.807, 2.05) is 12.1 Å². The van der Waals surface area contributed by atoms with E-state index in [0.717, 1.165) is 24.4 Å². The van der Waals surface area contributed by atoms with E-state index in [2.05, 4.69) is 55.2 Å². The summed E-state index contributed by atoms with van der Waals surface area (Å²) in [6.07, 6.45) is 4.08. The zero-order valence-corrected chi connectivity index (χ0v) is 12.6. The number of nitrogens with one attached hydrogen (secondary N) is 1. The molecule has 2 nitrogen and oxygen atoms in total. The molecule has 2 rings (SSSR count).